The summed E-state index contributed by atoms with van der Waals surface area (Å²) in [5.41, 5.74) is 2.22. The van der Waals surface area contributed by atoms with Crippen molar-refractivity contribution in [3.8, 4) is 6.07 Å². The summed E-state index contributed by atoms with van der Waals surface area (Å²) in [5.74, 6) is 1.08. The average Bonchev–Trinajstić information content (AvgIpc) is 3.32. The van der Waals surface area contributed by atoms with Gasteiger partial charge in [0.25, 0.3) is 5.91 Å². The molecule has 0 bridgehead atoms. The monoisotopic (exact) mass is 414 g/mol. The third-order valence-corrected chi connectivity index (χ3v) is 5.50. The molecule has 1 saturated heterocycles. The van der Waals surface area contributed by atoms with Crippen LogP contribution in [0, 0.1) is 25.2 Å². The van der Waals surface area contributed by atoms with Gasteiger partial charge in [0.05, 0.1) is 51.2 Å². The lowest BCUT2D eigenvalue weighted by Crippen LogP contribution is -3.15. The third kappa shape index (κ3) is 4.66. The molecule has 0 unspecified atom stereocenters. The number of carbonyl (C=O) groups excluding carboxylic acids is 2. The predicted octanol–water partition coefficient (Wildman–Crippen LogP) is 0.913. The van der Waals surface area contributed by atoms with Crippen molar-refractivity contribution in [1.29, 1.82) is 5.26 Å². The summed E-state index contributed by atoms with van der Waals surface area (Å²) < 4.78 is 12.4. The third-order valence-electron chi connectivity index (χ3n) is 5.50. The normalized spacial score (nSPS) is 14.4. The highest BCUT2D eigenvalue weighted by molar-refractivity contribution is 5.92. The van der Waals surface area contributed by atoms with Crippen LogP contribution < -0.4 is 10.2 Å². The molecular formula is C21H28N5O4+. The Balaban J connectivity index is 1.66. The number of furan rings is 1. The number of nitrogens with zero attached hydrogens (tertiary/aromatic N) is 3. The van der Waals surface area contributed by atoms with Crippen LogP contribution in [0.25, 0.3) is 0 Å². The second-order valence-corrected chi connectivity index (χ2v) is 7.37. The van der Waals surface area contributed by atoms with E-state index in [1.807, 2.05) is 30.5 Å². The molecule has 3 heterocycles. The average molecular weight is 414 g/mol. The van der Waals surface area contributed by atoms with E-state index in [1.165, 1.54) is 0 Å². The van der Waals surface area contributed by atoms with Crippen molar-refractivity contribution in [1.82, 2.24) is 9.47 Å². The number of nitriles is 1. The first kappa shape index (κ1) is 21.5. The number of carbonyl (C=O) groups is 2. The maximum Gasteiger partial charge on any atom is 0.410 e. The van der Waals surface area contributed by atoms with Gasteiger partial charge in [-0.3, -0.25) is 9.69 Å². The Morgan fingerprint density at radius 2 is 2.07 bits per heavy atom. The fourth-order valence-corrected chi connectivity index (χ4v) is 3.69. The van der Waals surface area contributed by atoms with Crippen molar-refractivity contribution in [3.63, 3.8) is 0 Å². The van der Waals surface area contributed by atoms with Gasteiger partial charge in [-0.1, -0.05) is 0 Å². The zero-order valence-corrected chi connectivity index (χ0v) is 17.7. The summed E-state index contributed by atoms with van der Waals surface area (Å²) in [6.07, 6.45) is 1.30. The summed E-state index contributed by atoms with van der Waals surface area (Å²) in [5, 5.41) is 12.6. The zero-order chi connectivity index (χ0) is 21.7. The number of hydrogen-bond acceptors (Lipinski definition) is 5. The molecule has 0 atom stereocenters. The van der Waals surface area contributed by atoms with E-state index in [9.17, 15) is 14.9 Å². The number of hydrogen-bond donors (Lipinski definition) is 2. The Bertz CT molecular complexity index is 934. The minimum Gasteiger partial charge on any atom is -0.467 e. The molecule has 0 aromatic carbocycles. The van der Waals surface area contributed by atoms with E-state index in [-0.39, 0.29) is 18.5 Å². The van der Waals surface area contributed by atoms with E-state index in [2.05, 4.69) is 11.4 Å². The van der Waals surface area contributed by atoms with Crippen molar-refractivity contribution >= 4 is 17.8 Å². The Hall–Kier alpha value is -3.25. The molecule has 0 aliphatic carbocycles. The molecule has 9 nitrogen and oxygen atoms in total. The molecule has 0 saturated carbocycles. The fourth-order valence-electron chi connectivity index (χ4n) is 3.69. The van der Waals surface area contributed by atoms with Gasteiger partial charge in [-0.2, -0.15) is 5.26 Å². The van der Waals surface area contributed by atoms with Gasteiger partial charge in [-0.05, 0) is 38.5 Å². The largest absolute Gasteiger partial charge is 0.467 e. The van der Waals surface area contributed by atoms with Crippen LogP contribution in [0.3, 0.4) is 0 Å². The number of aromatic nitrogens is 1. The first-order chi connectivity index (χ1) is 14.4. The van der Waals surface area contributed by atoms with E-state index < -0.39 is 0 Å². The van der Waals surface area contributed by atoms with Gasteiger partial charge in [0, 0.05) is 5.69 Å². The number of rotatable bonds is 6. The van der Waals surface area contributed by atoms with Gasteiger partial charge in [0.2, 0.25) is 0 Å². The highest BCUT2D eigenvalue weighted by Gasteiger charge is 2.27. The van der Waals surface area contributed by atoms with E-state index in [1.54, 1.807) is 18.1 Å². The van der Waals surface area contributed by atoms with Crippen LogP contribution in [0.4, 0.5) is 10.6 Å². The lowest BCUT2D eigenvalue weighted by Gasteiger charge is -2.31. The first-order valence-corrected chi connectivity index (χ1v) is 10.1. The Morgan fingerprint density at radius 1 is 1.33 bits per heavy atom. The quantitative estimate of drug-likeness (QED) is 0.731. The molecule has 30 heavy (non-hydrogen) atoms. The van der Waals surface area contributed by atoms with E-state index in [0.29, 0.717) is 50.7 Å². The van der Waals surface area contributed by atoms with Gasteiger partial charge in [-0.15, -0.1) is 0 Å². The fraction of sp³-hybridized carbons (Fsp3) is 0.476. The Kier molecular flexibility index (Phi) is 6.79. The smallest absolute Gasteiger partial charge is 0.410 e. The molecule has 0 radical (unpaired) electrons. The van der Waals surface area contributed by atoms with Gasteiger partial charge >= 0.3 is 6.09 Å². The van der Waals surface area contributed by atoms with Crippen LogP contribution in [-0.2, 0) is 16.1 Å². The highest BCUT2D eigenvalue weighted by Crippen LogP contribution is 2.27. The summed E-state index contributed by atoms with van der Waals surface area (Å²) in [6.45, 7) is 9.09. The van der Waals surface area contributed by atoms with Crippen LogP contribution >= 0.6 is 0 Å². The van der Waals surface area contributed by atoms with Crippen molar-refractivity contribution < 1.29 is 23.6 Å². The first-order valence-electron chi connectivity index (χ1n) is 10.1. The summed E-state index contributed by atoms with van der Waals surface area (Å²) in [7, 11) is 0. The number of ether oxygens (including phenoxy) is 1. The SMILES string of the molecule is CCOC(=O)N1CC[NH+](CC(=O)Nc2c(C#N)c(C)c(C)n2Cc2ccco2)CC1. The Morgan fingerprint density at radius 3 is 2.67 bits per heavy atom. The summed E-state index contributed by atoms with van der Waals surface area (Å²) >= 11 is 0. The number of quaternary nitrogens is 1. The standard InChI is InChI=1S/C21H27N5O4/c1-4-29-21(28)25-9-7-24(8-10-25)14-19(27)23-20-18(12-22)15(2)16(3)26(20)13-17-6-5-11-30-17/h5-6,11H,4,7-10,13-14H2,1-3H3,(H,23,27)/p+1. The number of piperazine rings is 1. The van der Waals surface area contributed by atoms with Crippen LogP contribution in [0.1, 0.15) is 29.5 Å². The van der Waals surface area contributed by atoms with Gasteiger partial charge < -0.3 is 23.9 Å². The van der Waals surface area contributed by atoms with Crippen molar-refractivity contribution in [2.45, 2.75) is 27.3 Å². The second kappa shape index (κ2) is 9.50. The number of amides is 2. The molecule has 1 aliphatic rings. The molecule has 160 valence electrons. The zero-order valence-electron chi connectivity index (χ0n) is 17.7. The summed E-state index contributed by atoms with van der Waals surface area (Å²) in [6, 6.07) is 5.88. The molecule has 9 heteroatoms. The lowest BCUT2D eigenvalue weighted by molar-refractivity contribution is -0.895. The van der Waals surface area contributed by atoms with Crippen molar-refractivity contribution in [2.75, 3.05) is 44.6 Å². The minimum atomic E-state index is -0.304. The molecule has 2 aromatic heterocycles. The van der Waals surface area contributed by atoms with E-state index in [0.717, 1.165) is 21.9 Å². The molecule has 2 amide bonds. The molecule has 2 N–H and O–H groups in total. The summed E-state index contributed by atoms with van der Waals surface area (Å²) in [4.78, 5) is 27.3. The second-order valence-electron chi connectivity index (χ2n) is 7.37. The molecule has 0 spiro atoms. The Labute approximate surface area is 175 Å². The number of anilines is 1. The minimum absolute atomic E-state index is 0.163. The topological polar surface area (TPSA) is 105 Å². The molecule has 1 aliphatic heterocycles. The number of nitrogens with one attached hydrogen (secondary N) is 2. The van der Waals surface area contributed by atoms with Crippen molar-refractivity contribution in [3.05, 3.63) is 41.0 Å². The van der Waals surface area contributed by atoms with E-state index in [4.69, 9.17) is 9.15 Å². The maximum absolute atomic E-state index is 12.8. The predicted molar refractivity (Wildman–Crippen MR) is 109 cm³/mol. The molecule has 1 fully saturated rings. The molecule has 2 aromatic rings. The highest BCUT2D eigenvalue weighted by atomic mass is 16.6. The lowest BCUT2D eigenvalue weighted by atomic mass is 10.2. The van der Waals surface area contributed by atoms with E-state index >= 15 is 0 Å². The van der Waals surface area contributed by atoms with Gasteiger partial charge in [0.15, 0.2) is 6.54 Å². The van der Waals surface area contributed by atoms with Crippen LogP contribution in [-0.4, -0.2) is 60.8 Å². The van der Waals surface area contributed by atoms with Crippen LogP contribution in [0.5, 0.6) is 0 Å². The van der Waals surface area contributed by atoms with Crippen LogP contribution in [0.2, 0.25) is 0 Å². The molecular weight excluding hydrogens is 386 g/mol. The van der Waals surface area contributed by atoms with Crippen LogP contribution in [0.15, 0.2) is 22.8 Å². The van der Waals surface area contributed by atoms with Gasteiger partial charge in [-0.25, -0.2) is 4.79 Å². The van der Waals surface area contributed by atoms with Crippen molar-refractivity contribution in [2.24, 2.45) is 0 Å². The molecule has 3 rings (SSSR count). The van der Waals surface area contributed by atoms with Gasteiger partial charge in [0.1, 0.15) is 17.6 Å². The maximum atomic E-state index is 12.8.